The van der Waals surface area contributed by atoms with Crippen molar-refractivity contribution < 1.29 is 28.7 Å². The molecule has 14 nitrogen and oxygen atoms in total. The Bertz CT molecular complexity index is 2900. The number of carbonyl (C=O) groups excluding carboxylic acids is 4. The van der Waals surface area contributed by atoms with Crippen molar-refractivity contribution in [2.45, 2.75) is 144 Å². The summed E-state index contributed by atoms with van der Waals surface area (Å²) in [6, 6.07) is 24.5. The quantitative estimate of drug-likeness (QED) is 0.0575. The number of rotatable bonds is 22. The molecular weight excluding hydrogens is 929 g/mol. The highest BCUT2D eigenvalue weighted by atomic mass is 16.5. The van der Waals surface area contributed by atoms with Gasteiger partial charge in [-0.3, -0.25) is 28.7 Å². The number of ether oxygens (including phenoxy) is 2. The molecule has 3 N–H and O–H groups in total. The van der Waals surface area contributed by atoms with Gasteiger partial charge in [-0.25, -0.2) is 0 Å². The zero-order valence-electron chi connectivity index (χ0n) is 44.6. The van der Waals surface area contributed by atoms with Crippen molar-refractivity contribution in [3.8, 4) is 17.0 Å². The van der Waals surface area contributed by atoms with Gasteiger partial charge in [0.15, 0.2) is 5.82 Å². The number of aromatic nitrogens is 4. The number of Topliss-reactive ketones (excluding diaryl/α,β-unsaturated/α-hetero) is 1. The summed E-state index contributed by atoms with van der Waals surface area (Å²) < 4.78 is 13.9. The van der Waals surface area contributed by atoms with Gasteiger partial charge in [-0.2, -0.15) is 0 Å². The number of aliphatic imine (C=N–C) groups is 1. The van der Waals surface area contributed by atoms with E-state index in [0.29, 0.717) is 45.0 Å². The van der Waals surface area contributed by atoms with Gasteiger partial charge in [0.1, 0.15) is 42.1 Å². The summed E-state index contributed by atoms with van der Waals surface area (Å²) >= 11 is 0. The van der Waals surface area contributed by atoms with E-state index in [9.17, 15) is 19.2 Å². The number of nitrogens with one attached hydrogen (secondary N) is 3. The van der Waals surface area contributed by atoms with E-state index >= 15 is 0 Å². The van der Waals surface area contributed by atoms with Crippen molar-refractivity contribution in [2.75, 3.05) is 26.4 Å². The SMILES string of the molecule is CC1=C(C)C2=C(C1)n1c(C)nnc1C(CC(=O)Cc1ccc(OCCCCCCCOCC(=O)N[C@H](C(=O)N3CCC[C@H]3C(=O)NCc3ccc(-c4[nH]ccc4C)cc3)C(C)(C)C)cc1)N=C2c1ccc(C)cc1. The molecule has 3 aromatic carbocycles. The van der Waals surface area contributed by atoms with E-state index in [0.717, 1.165) is 95.0 Å². The van der Waals surface area contributed by atoms with Gasteiger partial charge in [0.05, 0.1) is 12.3 Å². The van der Waals surface area contributed by atoms with E-state index in [2.05, 4.69) is 82.3 Å². The van der Waals surface area contributed by atoms with Gasteiger partial charge in [-0.15, -0.1) is 10.2 Å². The molecule has 2 aromatic heterocycles. The first-order valence-electron chi connectivity index (χ1n) is 26.4. The van der Waals surface area contributed by atoms with Crippen molar-refractivity contribution in [3.63, 3.8) is 0 Å². The van der Waals surface area contributed by atoms with Gasteiger partial charge in [0, 0.05) is 67.7 Å². The van der Waals surface area contributed by atoms with Crippen molar-refractivity contribution in [2.24, 2.45) is 10.4 Å². The molecule has 1 aliphatic carbocycles. The summed E-state index contributed by atoms with van der Waals surface area (Å²) in [4.78, 5) is 64.4. The molecule has 0 bridgehead atoms. The van der Waals surface area contributed by atoms with Gasteiger partial charge in [0.2, 0.25) is 17.7 Å². The Morgan fingerprint density at radius 3 is 2.20 bits per heavy atom. The van der Waals surface area contributed by atoms with Crippen molar-refractivity contribution >= 4 is 34.9 Å². The van der Waals surface area contributed by atoms with Crippen molar-refractivity contribution in [3.05, 3.63) is 141 Å². The number of likely N-dealkylation sites (tertiary alicyclic amines) is 1. The van der Waals surface area contributed by atoms with Crippen LogP contribution in [0.25, 0.3) is 17.0 Å². The molecule has 2 aliphatic heterocycles. The smallest absolute Gasteiger partial charge is 0.246 e. The Morgan fingerprint density at radius 1 is 0.811 bits per heavy atom. The molecule has 1 unspecified atom stereocenters. The second kappa shape index (κ2) is 24.0. The molecule has 390 valence electrons. The molecule has 5 aromatic rings. The molecule has 1 fully saturated rings. The monoisotopic (exact) mass is 1000 g/mol. The highest BCUT2D eigenvalue weighted by Crippen LogP contribution is 2.42. The molecular formula is C60H74N8O6. The third kappa shape index (κ3) is 12.9. The number of amides is 3. The minimum Gasteiger partial charge on any atom is -0.494 e. The highest BCUT2D eigenvalue weighted by Gasteiger charge is 2.42. The van der Waals surface area contributed by atoms with Gasteiger partial charge in [0.25, 0.3) is 0 Å². The van der Waals surface area contributed by atoms with Crippen LogP contribution in [0.4, 0.5) is 0 Å². The average Bonchev–Trinajstić information content (AvgIpc) is 4.19. The maximum Gasteiger partial charge on any atom is 0.246 e. The molecule has 3 atom stereocenters. The van der Waals surface area contributed by atoms with E-state index in [4.69, 9.17) is 14.5 Å². The highest BCUT2D eigenvalue weighted by molar-refractivity contribution is 6.19. The Balaban J connectivity index is 0.715. The number of H-pyrrole nitrogens is 1. The molecule has 1 saturated heterocycles. The van der Waals surface area contributed by atoms with Crippen LogP contribution < -0.4 is 15.4 Å². The van der Waals surface area contributed by atoms with Crippen LogP contribution in [-0.4, -0.2) is 92.3 Å². The predicted octanol–water partition coefficient (Wildman–Crippen LogP) is 10.1. The van der Waals surface area contributed by atoms with E-state index in [1.165, 1.54) is 22.3 Å². The van der Waals surface area contributed by atoms with Gasteiger partial charge < -0.3 is 30.0 Å². The second-order valence-corrected chi connectivity index (χ2v) is 21.4. The summed E-state index contributed by atoms with van der Waals surface area (Å²) in [6.45, 7) is 17.9. The van der Waals surface area contributed by atoms with Crippen LogP contribution in [0.15, 0.2) is 107 Å². The second-order valence-electron chi connectivity index (χ2n) is 21.4. The summed E-state index contributed by atoms with van der Waals surface area (Å²) in [7, 11) is 0. The van der Waals surface area contributed by atoms with Crippen LogP contribution in [0.3, 0.4) is 0 Å². The van der Waals surface area contributed by atoms with Crippen molar-refractivity contribution in [1.82, 2.24) is 35.3 Å². The molecule has 4 heterocycles. The number of allylic oxidation sites excluding steroid dienone is 4. The predicted molar refractivity (Wildman–Crippen MR) is 290 cm³/mol. The minimum absolute atomic E-state index is 0.0795. The third-order valence-corrected chi connectivity index (χ3v) is 14.6. The molecule has 0 spiro atoms. The summed E-state index contributed by atoms with van der Waals surface area (Å²) in [6.07, 6.45) is 9.17. The van der Waals surface area contributed by atoms with Gasteiger partial charge in [-0.1, -0.05) is 112 Å². The first-order valence-corrected chi connectivity index (χ1v) is 26.4. The zero-order chi connectivity index (χ0) is 52.5. The van der Waals surface area contributed by atoms with E-state index in [1.807, 2.05) is 88.5 Å². The van der Waals surface area contributed by atoms with E-state index in [-0.39, 0.29) is 43.0 Å². The maximum atomic E-state index is 14.0. The number of ketones is 1. The fourth-order valence-corrected chi connectivity index (χ4v) is 10.3. The Hall–Kier alpha value is -6.93. The normalized spacial score (nSPS) is 16.9. The van der Waals surface area contributed by atoms with Crippen LogP contribution in [0.5, 0.6) is 5.75 Å². The standard InChI is InChI=1S/C60H74N8O6/c1-38-16-22-46(23-17-38)55-53-41(4)40(3)33-51(53)68-42(5)65-66-57(68)49(63-55)35-47(69)34-43-20-26-48(27-21-43)74-32-13-11-9-10-12-31-73-37-52(70)64-56(60(6,7)8)59(72)67-30-14-15-50(67)58(71)62-36-44-18-24-45(25-19-44)54-39(2)28-29-61-54/h16-29,49-50,56,61H,9-15,30-37H2,1-8H3,(H,62,71)(H,64,70)/t49?,50-,56+/m0/s1. The Kier molecular flexibility index (Phi) is 17.3. The van der Waals surface area contributed by atoms with Gasteiger partial charge in [-0.05, 0) is 112 Å². The number of nitrogens with zero attached hydrogens (tertiary/aromatic N) is 5. The molecule has 3 amide bonds. The Morgan fingerprint density at radius 2 is 1.50 bits per heavy atom. The number of hydrogen-bond acceptors (Lipinski definition) is 9. The number of fused-ring (bicyclic) bond motifs is 2. The van der Waals surface area contributed by atoms with E-state index < -0.39 is 23.5 Å². The fraction of sp³-hybridized carbons (Fsp3) is 0.450. The summed E-state index contributed by atoms with van der Waals surface area (Å²) in [5.41, 5.74) is 12.5. The lowest BCUT2D eigenvalue weighted by Crippen LogP contribution is -2.58. The van der Waals surface area contributed by atoms with Crippen molar-refractivity contribution in [1.29, 1.82) is 0 Å². The van der Waals surface area contributed by atoms with Gasteiger partial charge >= 0.3 is 0 Å². The zero-order valence-corrected chi connectivity index (χ0v) is 44.6. The number of unbranched alkanes of at least 4 members (excludes halogenated alkanes) is 4. The first-order chi connectivity index (χ1) is 35.5. The molecule has 3 aliphatic rings. The van der Waals surface area contributed by atoms with Crippen LogP contribution in [0.2, 0.25) is 0 Å². The molecule has 8 rings (SSSR count). The molecule has 14 heteroatoms. The lowest BCUT2D eigenvalue weighted by atomic mass is 9.85. The molecule has 74 heavy (non-hydrogen) atoms. The lowest BCUT2D eigenvalue weighted by molar-refractivity contribution is -0.144. The number of hydrogen-bond donors (Lipinski definition) is 3. The van der Waals surface area contributed by atoms with Crippen LogP contribution in [0.1, 0.15) is 138 Å². The van der Waals surface area contributed by atoms with Crippen LogP contribution >= 0.6 is 0 Å². The third-order valence-electron chi connectivity index (χ3n) is 14.6. The average molecular weight is 1000 g/mol. The topological polar surface area (TPSA) is 173 Å². The number of aryl methyl sites for hydroxylation is 3. The fourth-order valence-electron chi connectivity index (χ4n) is 10.3. The summed E-state index contributed by atoms with van der Waals surface area (Å²) in [5, 5.41) is 15.0. The van der Waals surface area contributed by atoms with Crippen LogP contribution in [-0.2, 0) is 36.9 Å². The number of benzene rings is 3. The number of carbonyl (C=O) groups is 4. The minimum atomic E-state index is -0.808. The first kappa shape index (κ1) is 53.4. The molecule has 0 radical (unpaired) electrons. The van der Waals surface area contributed by atoms with E-state index in [1.54, 1.807) is 4.90 Å². The molecule has 0 saturated carbocycles. The Labute approximate surface area is 436 Å². The maximum absolute atomic E-state index is 14.0. The lowest BCUT2D eigenvalue weighted by Gasteiger charge is -2.35. The largest absolute Gasteiger partial charge is 0.494 e. The van der Waals surface area contributed by atoms with Crippen LogP contribution in [0, 0.1) is 26.2 Å². The summed E-state index contributed by atoms with van der Waals surface area (Å²) in [5.74, 6) is 1.56. The number of aromatic amines is 1.